The zero-order valence-corrected chi connectivity index (χ0v) is 13.4. The Hall–Kier alpha value is -2.35. The Kier molecular flexibility index (Phi) is 5.75. The standard InChI is InChI=1S/C15H17N3O4S/c1-23-7-6-11(15(21)22)16-13(19)8-12-9-4-2-3-5-10(9)14(20)18-17-12/h2-5,11H,6-8H2,1H3,(H,16,19)(H,18,20)(H,21,22)/t11-/m0/s1. The van der Waals surface area contributed by atoms with Crippen molar-refractivity contribution < 1.29 is 14.7 Å². The summed E-state index contributed by atoms with van der Waals surface area (Å²) in [5.41, 5.74) is 0.0832. The Morgan fingerprint density at radius 3 is 2.70 bits per heavy atom. The van der Waals surface area contributed by atoms with Crippen LogP contribution in [-0.4, -0.2) is 45.2 Å². The minimum absolute atomic E-state index is 0.0969. The van der Waals surface area contributed by atoms with Crippen molar-refractivity contribution >= 4 is 34.4 Å². The van der Waals surface area contributed by atoms with Gasteiger partial charge in [0.2, 0.25) is 5.91 Å². The molecule has 0 fully saturated rings. The number of aromatic nitrogens is 2. The van der Waals surface area contributed by atoms with E-state index < -0.39 is 17.9 Å². The van der Waals surface area contributed by atoms with Crippen LogP contribution in [-0.2, 0) is 16.0 Å². The molecule has 1 atom stereocenters. The molecule has 0 saturated carbocycles. The highest BCUT2D eigenvalue weighted by atomic mass is 32.2. The van der Waals surface area contributed by atoms with E-state index in [2.05, 4.69) is 15.5 Å². The van der Waals surface area contributed by atoms with Gasteiger partial charge in [-0.15, -0.1) is 0 Å². The molecule has 7 nitrogen and oxygen atoms in total. The van der Waals surface area contributed by atoms with Gasteiger partial charge in [-0.2, -0.15) is 16.9 Å². The Balaban J connectivity index is 2.16. The first-order valence-electron chi connectivity index (χ1n) is 7.00. The van der Waals surface area contributed by atoms with Gasteiger partial charge in [-0.05, 0) is 24.5 Å². The van der Waals surface area contributed by atoms with Crippen LogP contribution < -0.4 is 10.9 Å². The van der Waals surface area contributed by atoms with Gasteiger partial charge in [-0.1, -0.05) is 18.2 Å². The number of carboxylic acid groups (broad SMARTS) is 1. The molecule has 2 rings (SSSR count). The van der Waals surface area contributed by atoms with Gasteiger partial charge >= 0.3 is 5.97 Å². The van der Waals surface area contributed by atoms with Crippen LogP contribution in [0.1, 0.15) is 12.1 Å². The van der Waals surface area contributed by atoms with Gasteiger partial charge in [0.25, 0.3) is 5.56 Å². The fourth-order valence-electron chi connectivity index (χ4n) is 2.20. The number of carbonyl (C=O) groups excluding carboxylic acids is 1. The molecule has 0 aliphatic heterocycles. The molecule has 0 unspecified atom stereocenters. The summed E-state index contributed by atoms with van der Waals surface area (Å²) in [7, 11) is 0. The predicted molar refractivity (Wildman–Crippen MR) is 88.6 cm³/mol. The van der Waals surface area contributed by atoms with Crippen LogP contribution in [0, 0.1) is 0 Å². The normalized spacial score (nSPS) is 12.0. The monoisotopic (exact) mass is 335 g/mol. The third-order valence-corrected chi connectivity index (χ3v) is 3.99. The highest BCUT2D eigenvalue weighted by Gasteiger charge is 2.20. The molecule has 0 saturated heterocycles. The molecule has 23 heavy (non-hydrogen) atoms. The third-order valence-electron chi connectivity index (χ3n) is 3.35. The molecule has 0 spiro atoms. The second-order valence-electron chi connectivity index (χ2n) is 4.96. The zero-order valence-electron chi connectivity index (χ0n) is 12.5. The van der Waals surface area contributed by atoms with Crippen LogP contribution in [0.2, 0.25) is 0 Å². The van der Waals surface area contributed by atoms with E-state index in [-0.39, 0.29) is 12.0 Å². The summed E-state index contributed by atoms with van der Waals surface area (Å²) in [6, 6.07) is 5.91. The van der Waals surface area contributed by atoms with Crippen molar-refractivity contribution in [2.24, 2.45) is 0 Å². The molecule has 3 N–H and O–H groups in total. The van der Waals surface area contributed by atoms with Gasteiger partial charge in [0, 0.05) is 5.39 Å². The van der Waals surface area contributed by atoms with Crippen LogP contribution in [0.5, 0.6) is 0 Å². The minimum Gasteiger partial charge on any atom is -0.480 e. The highest BCUT2D eigenvalue weighted by molar-refractivity contribution is 7.98. The number of fused-ring (bicyclic) bond motifs is 1. The van der Waals surface area contributed by atoms with Crippen LogP contribution in [0.15, 0.2) is 29.1 Å². The number of aromatic amines is 1. The molecular formula is C15H17N3O4S. The van der Waals surface area contributed by atoms with Crippen molar-refractivity contribution in [2.45, 2.75) is 18.9 Å². The van der Waals surface area contributed by atoms with Crippen LogP contribution in [0.3, 0.4) is 0 Å². The average molecular weight is 335 g/mol. The SMILES string of the molecule is CSCC[C@H](NC(=O)Cc1n[nH]c(=O)c2ccccc12)C(=O)O. The number of benzene rings is 1. The van der Waals surface area contributed by atoms with E-state index in [0.717, 1.165) is 0 Å². The summed E-state index contributed by atoms with van der Waals surface area (Å²) >= 11 is 1.52. The van der Waals surface area contributed by atoms with E-state index in [1.165, 1.54) is 11.8 Å². The van der Waals surface area contributed by atoms with Gasteiger partial charge in [0.1, 0.15) is 6.04 Å². The lowest BCUT2D eigenvalue weighted by Gasteiger charge is -2.14. The number of carbonyl (C=O) groups is 2. The van der Waals surface area contributed by atoms with Crippen LogP contribution in [0.25, 0.3) is 10.8 Å². The van der Waals surface area contributed by atoms with Gasteiger partial charge in [0.05, 0.1) is 17.5 Å². The third kappa shape index (κ3) is 4.32. The molecule has 0 bridgehead atoms. The molecule has 0 aliphatic carbocycles. The summed E-state index contributed by atoms with van der Waals surface area (Å²) < 4.78 is 0. The summed E-state index contributed by atoms with van der Waals surface area (Å²) in [5.74, 6) is -0.869. The summed E-state index contributed by atoms with van der Waals surface area (Å²) in [6.07, 6.45) is 2.12. The maximum absolute atomic E-state index is 12.1. The molecule has 1 amide bonds. The van der Waals surface area contributed by atoms with E-state index in [0.29, 0.717) is 28.6 Å². The number of thioether (sulfide) groups is 1. The molecule has 2 aromatic rings. The number of nitrogens with zero attached hydrogens (tertiary/aromatic N) is 1. The molecule has 8 heteroatoms. The van der Waals surface area contributed by atoms with Crippen molar-refractivity contribution in [1.29, 1.82) is 0 Å². The Morgan fingerprint density at radius 1 is 1.35 bits per heavy atom. The number of hydrogen-bond acceptors (Lipinski definition) is 5. The van der Waals surface area contributed by atoms with Crippen molar-refractivity contribution in [3.63, 3.8) is 0 Å². The fraction of sp³-hybridized carbons (Fsp3) is 0.333. The van der Waals surface area contributed by atoms with E-state index in [9.17, 15) is 14.4 Å². The Bertz CT molecular complexity index is 775. The smallest absolute Gasteiger partial charge is 0.326 e. The Labute approximate surface area is 136 Å². The summed E-state index contributed by atoms with van der Waals surface area (Å²) in [5, 5.41) is 18.9. The topological polar surface area (TPSA) is 112 Å². The second kappa shape index (κ2) is 7.77. The Morgan fingerprint density at radius 2 is 2.04 bits per heavy atom. The highest BCUT2D eigenvalue weighted by Crippen LogP contribution is 2.13. The summed E-state index contributed by atoms with van der Waals surface area (Å²) in [6.45, 7) is 0. The van der Waals surface area contributed by atoms with Crippen molar-refractivity contribution in [2.75, 3.05) is 12.0 Å². The van der Waals surface area contributed by atoms with Gasteiger partial charge in [-0.25, -0.2) is 9.89 Å². The first-order chi connectivity index (χ1) is 11.0. The first-order valence-corrected chi connectivity index (χ1v) is 8.39. The van der Waals surface area contributed by atoms with Crippen molar-refractivity contribution in [3.05, 3.63) is 40.3 Å². The van der Waals surface area contributed by atoms with E-state index in [1.54, 1.807) is 24.3 Å². The molecule has 1 heterocycles. The number of carboxylic acids is 1. The first kappa shape index (κ1) is 17.0. The molecule has 0 radical (unpaired) electrons. The number of hydrogen-bond donors (Lipinski definition) is 3. The second-order valence-corrected chi connectivity index (χ2v) is 5.95. The van der Waals surface area contributed by atoms with Gasteiger partial charge in [0.15, 0.2) is 0 Å². The average Bonchev–Trinajstić information content (AvgIpc) is 2.54. The minimum atomic E-state index is -1.06. The number of aliphatic carboxylic acids is 1. The quantitative estimate of drug-likeness (QED) is 0.689. The molecule has 1 aromatic heterocycles. The lowest BCUT2D eigenvalue weighted by Crippen LogP contribution is -2.42. The molecular weight excluding hydrogens is 318 g/mol. The molecule has 1 aromatic carbocycles. The summed E-state index contributed by atoms with van der Waals surface area (Å²) in [4.78, 5) is 35.0. The predicted octanol–water partition coefficient (Wildman–Crippen LogP) is 0.788. The fourth-order valence-corrected chi connectivity index (χ4v) is 2.67. The zero-order chi connectivity index (χ0) is 16.8. The van der Waals surface area contributed by atoms with Crippen molar-refractivity contribution in [1.82, 2.24) is 15.5 Å². The van der Waals surface area contributed by atoms with Crippen molar-refractivity contribution in [3.8, 4) is 0 Å². The van der Waals surface area contributed by atoms with E-state index in [4.69, 9.17) is 5.11 Å². The van der Waals surface area contributed by atoms with Crippen LogP contribution >= 0.6 is 11.8 Å². The maximum atomic E-state index is 12.1. The molecule has 0 aliphatic rings. The number of amides is 1. The molecule has 122 valence electrons. The lowest BCUT2D eigenvalue weighted by atomic mass is 10.1. The maximum Gasteiger partial charge on any atom is 0.326 e. The largest absolute Gasteiger partial charge is 0.480 e. The number of nitrogens with one attached hydrogen (secondary N) is 2. The van der Waals surface area contributed by atoms with Gasteiger partial charge < -0.3 is 10.4 Å². The van der Waals surface area contributed by atoms with Crippen LogP contribution in [0.4, 0.5) is 0 Å². The number of rotatable bonds is 7. The van der Waals surface area contributed by atoms with E-state index >= 15 is 0 Å². The van der Waals surface area contributed by atoms with Gasteiger partial charge in [-0.3, -0.25) is 9.59 Å². The van der Waals surface area contributed by atoms with E-state index in [1.807, 2.05) is 6.26 Å². The number of H-pyrrole nitrogens is 1. The lowest BCUT2D eigenvalue weighted by molar-refractivity contribution is -0.141.